The van der Waals surface area contributed by atoms with Gasteiger partial charge in [-0.3, -0.25) is 9.78 Å². The van der Waals surface area contributed by atoms with E-state index >= 15 is 0 Å². The SMILES string of the molecule is CCSC(=O)C1=CCN(S(=O)(=O)c2ccc(F)cc2)C1.c1ccncc1. The fraction of sp³-hybridized carbons (Fsp3) is 0.222. The van der Waals surface area contributed by atoms with E-state index in [1.807, 2.05) is 25.1 Å². The van der Waals surface area contributed by atoms with Crippen LogP contribution >= 0.6 is 11.8 Å². The summed E-state index contributed by atoms with van der Waals surface area (Å²) in [4.78, 5) is 15.5. The largest absolute Gasteiger partial charge is 0.282 e. The van der Waals surface area contributed by atoms with Gasteiger partial charge in [-0.15, -0.1) is 0 Å². The molecule has 1 aromatic heterocycles. The van der Waals surface area contributed by atoms with Crippen molar-refractivity contribution in [1.82, 2.24) is 9.29 Å². The molecule has 1 aromatic carbocycles. The summed E-state index contributed by atoms with van der Waals surface area (Å²) in [5.41, 5.74) is 0.502. The molecule has 5 nitrogen and oxygen atoms in total. The molecule has 26 heavy (non-hydrogen) atoms. The highest BCUT2D eigenvalue weighted by Crippen LogP contribution is 2.23. The van der Waals surface area contributed by atoms with Crippen LogP contribution in [0.4, 0.5) is 4.39 Å². The van der Waals surface area contributed by atoms with Gasteiger partial charge in [0, 0.05) is 31.1 Å². The average Bonchev–Trinajstić information content (AvgIpc) is 3.15. The first-order valence-corrected chi connectivity index (χ1v) is 10.3. The van der Waals surface area contributed by atoms with Crippen molar-refractivity contribution in [2.75, 3.05) is 18.8 Å². The smallest absolute Gasteiger partial charge is 0.243 e. The molecule has 0 radical (unpaired) electrons. The molecule has 0 aliphatic carbocycles. The van der Waals surface area contributed by atoms with E-state index in [2.05, 4.69) is 4.98 Å². The first kappa shape index (κ1) is 20.3. The van der Waals surface area contributed by atoms with E-state index < -0.39 is 15.8 Å². The van der Waals surface area contributed by atoms with Crippen LogP contribution in [0, 0.1) is 5.82 Å². The standard InChI is InChI=1S/C13H14FNO3S2.C5H5N/c1-2-19-13(16)10-7-8-15(9-10)20(17,18)12-5-3-11(14)4-6-12;1-2-4-6-5-3-1/h3-7H,2,8-9H2,1H3;1-5H. The molecule has 2 aromatic rings. The lowest BCUT2D eigenvalue weighted by atomic mass is 10.3. The van der Waals surface area contributed by atoms with E-state index in [1.54, 1.807) is 18.5 Å². The molecule has 8 heteroatoms. The van der Waals surface area contributed by atoms with Crippen LogP contribution in [0.15, 0.2) is 71.4 Å². The predicted molar refractivity (Wildman–Crippen MR) is 101 cm³/mol. The van der Waals surface area contributed by atoms with E-state index in [0.717, 1.165) is 23.9 Å². The molecule has 3 rings (SSSR count). The Morgan fingerprint density at radius 2 is 1.85 bits per heavy atom. The van der Waals surface area contributed by atoms with Gasteiger partial charge in [0.15, 0.2) is 0 Å². The van der Waals surface area contributed by atoms with Crippen LogP contribution in [0.2, 0.25) is 0 Å². The van der Waals surface area contributed by atoms with Crippen LogP contribution in [0.5, 0.6) is 0 Å². The van der Waals surface area contributed by atoms with Crippen LogP contribution in [0.1, 0.15) is 6.92 Å². The molecule has 138 valence electrons. The zero-order valence-corrected chi connectivity index (χ0v) is 15.8. The van der Waals surface area contributed by atoms with Crippen LogP contribution in [0.25, 0.3) is 0 Å². The Kier molecular flexibility index (Phi) is 7.50. The van der Waals surface area contributed by atoms with Gasteiger partial charge in [-0.25, -0.2) is 12.8 Å². The summed E-state index contributed by atoms with van der Waals surface area (Å²) in [6.45, 7) is 2.11. The first-order chi connectivity index (χ1) is 12.4. The Morgan fingerprint density at radius 1 is 1.19 bits per heavy atom. The van der Waals surface area contributed by atoms with Crippen LogP contribution in [0.3, 0.4) is 0 Å². The number of hydrogen-bond donors (Lipinski definition) is 0. The second-order valence-electron chi connectivity index (χ2n) is 5.23. The summed E-state index contributed by atoms with van der Waals surface area (Å²) >= 11 is 1.16. The van der Waals surface area contributed by atoms with Gasteiger partial charge >= 0.3 is 0 Å². The highest BCUT2D eigenvalue weighted by Gasteiger charge is 2.30. The number of carbonyl (C=O) groups is 1. The third-order valence-corrected chi connectivity index (χ3v) is 6.08. The minimum Gasteiger partial charge on any atom is -0.282 e. The summed E-state index contributed by atoms with van der Waals surface area (Å²) in [5, 5.41) is -0.0932. The second kappa shape index (κ2) is 9.61. The minimum absolute atomic E-state index is 0.0316. The number of sulfonamides is 1. The Bertz CT molecular complexity index is 827. The molecule has 2 heterocycles. The maximum Gasteiger partial charge on any atom is 0.243 e. The van der Waals surface area contributed by atoms with Gasteiger partial charge in [-0.2, -0.15) is 4.31 Å². The topological polar surface area (TPSA) is 67.3 Å². The number of benzene rings is 1. The van der Waals surface area contributed by atoms with Crippen LogP contribution in [-0.2, 0) is 14.8 Å². The van der Waals surface area contributed by atoms with Crippen molar-refractivity contribution in [2.24, 2.45) is 0 Å². The molecule has 1 aliphatic rings. The zero-order valence-electron chi connectivity index (χ0n) is 14.2. The lowest BCUT2D eigenvalue weighted by molar-refractivity contribution is -0.107. The molecule has 0 amide bonds. The number of thioether (sulfide) groups is 1. The zero-order chi connectivity index (χ0) is 19.0. The van der Waals surface area contributed by atoms with Crippen LogP contribution < -0.4 is 0 Å². The predicted octanol–water partition coefficient (Wildman–Crippen LogP) is 3.12. The second-order valence-corrected chi connectivity index (χ2v) is 8.40. The molecule has 0 fully saturated rings. The number of nitrogens with zero attached hydrogens (tertiary/aromatic N) is 2. The monoisotopic (exact) mass is 394 g/mol. The lowest BCUT2D eigenvalue weighted by Crippen LogP contribution is -2.29. The number of hydrogen-bond acceptors (Lipinski definition) is 5. The fourth-order valence-corrected chi connectivity index (χ4v) is 4.11. The maximum atomic E-state index is 12.8. The Hall–Kier alpha value is -2.03. The van der Waals surface area contributed by atoms with Gasteiger partial charge in [-0.1, -0.05) is 30.8 Å². The van der Waals surface area contributed by atoms with Crippen molar-refractivity contribution in [3.63, 3.8) is 0 Å². The molecule has 0 atom stereocenters. The Balaban J connectivity index is 0.000000342. The third kappa shape index (κ3) is 5.48. The number of pyridine rings is 1. The third-order valence-electron chi connectivity index (χ3n) is 3.44. The van der Waals surface area contributed by atoms with Crippen molar-refractivity contribution in [2.45, 2.75) is 11.8 Å². The van der Waals surface area contributed by atoms with Crippen molar-refractivity contribution >= 4 is 26.9 Å². The molecule has 0 bridgehead atoms. The summed E-state index contributed by atoms with van der Waals surface area (Å²) < 4.78 is 38.7. The molecule has 0 saturated carbocycles. The van der Waals surface area contributed by atoms with Crippen molar-refractivity contribution in [3.8, 4) is 0 Å². The van der Waals surface area contributed by atoms with Gasteiger partial charge in [0.05, 0.1) is 4.90 Å². The maximum absolute atomic E-state index is 12.8. The molecular weight excluding hydrogens is 375 g/mol. The highest BCUT2D eigenvalue weighted by molar-refractivity contribution is 8.14. The number of halogens is 1. The van der Waals surface area contributed by atoms with Gasteiger partial charge in [0.1, 0.15) is 5.82 Å². The minimum atomic E-state index is -3.68. The quantitative estimate of drug-likeness (QED) is 0.797. The number of carbonyl (C=O) groups excluding carboxylic acids is 1. The summed E-state index contributed by atoms with van der Waals surface area (Å²) in [6, 6.07) is 10.4. The van der Waals surface area contributed by atoms with E-state index in [-0.39, 0.29) is 23.1 Å². The fourth-order valence-electron chi connectivity index (χ4n) is 2.15. The Morgan fingerprint density at radius 3 is 2.35 bits per heavy atom. The molecule has 0 unspecified atom stereocenters. The van der Waals surface area contributed by atoms with Gasteiger partial charge in [-0.05, 0) is 42.2 Å². The highest BCUT2D eigenvalue weighted by atomic mass is 32.2. The molecule has 0 spiro atoms. The molecule has 0 saturated heterocycles. The van der Waals surface area contributed by atoms with E-state index in [0.29, 0.717) is 11.3 Å². The van der Waals surface area contributed by atoms with Crippen molar-refractivity contribution in [3.05, 3.63) is 72.3 Å². The molecule has 0 N–H and O–H groups in total. The normalized spacial score (nSPS) is 14.3. The van der Waals surface area contributed by atoms with E-state index in [1.165, 1.54) is 16.4 Å². The van der Waals surface area contributed by atoms with E-state index in [4.69, 9.17) is 0 Å². The summed E-state index contributed by atoms with van der Waals surface area (Å²) in [6.07, 6.45) is 5.13. The number of rotatable bonds is 4. The van der Waals surface area contributed by atoms with Gasteiger partial charge < -0.3 is 0 Å². The summed E-state index contributed by atoms with van der Waals surface area (Å²) in [7, 11) is -3.68. The van der Waals surface area contributed by atoms with Crippen molar-refractivity contribution < 1.29 is 17.6 Å². The van der Waals surface area contributed by atoms with Gasteiger partial charge in [0.2, 0.25) is 15.1 Å². The van der Waals surface area contributed by atoms with Crippen molar-refractivity contribution in [1.29, 1.82) is 0 Å². The van der Waals surface area contributed by atoms with Crippen LogP contribution in [-0.4, -0.2) is 41.7 Å². The molecule has 1 aliphatic heterocycles. The Labute approximate surface area is 157 Å². The number of aromatic nitrogens is 1. The first-order valence-electron chi connectivity index (χ1n) is 7.92. The average molecular weight is 394 g/mol. The van der Waals surface area contributed by atoms with E-state index in [9.17, 15) is 17.6 Å². The lowest BCUT2D eigenvalue weighted by Gasteiger charge is -2.16. The van der Waals surface area contributed by atoms with Gasteiger partial charge in [0.25, 0.3) is 0 Å². The molecular formula is C18H19FN2O3S2. The summed E-state index contributed by atoms with van der Waals surface area (Å²) in [5.74, 6) is 0.166.